The van der Waals surface area contributed by atoms with Gasteiger partial charge in [0.25, 0.3) is 10.0 Å². The largest absolute Gasteiger partial charge is 0.260 e. The average molecular weight is 295 g/mol. The van der Waals surface area contributed by atoms with E-state index in [2.05, 4.69) is 17.3 Å². The summed E-state index contributed by atoms with van der Waals surface area (Å²) in [7, 11) is -1.74. The van der Waals surface area contributed by atoms with Crippen molar-refractivity contribution in [3.05, 3.63) is 24.4 Å². The molecule has 5 nitrogen and oxygen atoms in total. The van der Waals surface area contributed by atoms with Gasteiger partial charge in [0.15, 0.2) is 5.03 Å². The maximum atomic E-state index is 12.7. The molecule has 20 heavy (non-hydrogen) atoms. The topological polar surface area (TPSA) is 55.2 Å². The molecule has 110 valence electrons. The van der Waals surface area contributed by atoms with Crippen molar-refractivity contribution in [3.63, 3.8) is 0 Å². The van der Waals surface area contributed by atoms with Crippen LogP contribution in [0.2, 0.25) is 0 Å². The van der Waals surface area contributed by atoms with E-state index in [1.165, 1.54) is 10.9 Å². The number of allylic oxidation sites excluding steroid dienone is 2. The summed E-state index contributed by atoms with van der Waals surface area (Å²) in [5.41, 5.74) is 0.151. The van der Waals surface area contributed by atoms with E-state index in [1.807, 2.05) is 0 Å². The summed E-state index contributed by atoms with van der Waals surface area (Å²) < 4.78 is 28.6. The fourth-order valence-electron chi connectivity index (χ4n) is 3.43. The van der Waals surface area contributed by atoms with Gasteiger partial charge in [-0.1, -0.05) is 12.2 Å². The van der Waals surface area contributed by atoms with E-state index >= 15 is 0 Å². The van der Waals surface area contributed by atoms with Crippen LogP contribution in [0.15, 0.2) is 29.4 Å². The summed E-state index contributed by atoms with van der Waals surface area (Å²) in [4.78, 5) is 0. The predicted octanol–water partition coefficient (Wildman–Crippen LogP) is 1.93. The molecule has 0 N–H and O–H groups in total. The van der Waals surface area contributed by atoms with Crippen molar-refractivity contribution in [2.45, 2.75) is 37.1 Å². The predicted molar refractivity (Wildman–Crippen MR) is 76.6 cm³/mol. The zero-order chi connectivity index (χ0) is 14.2. The van der Waals surface area contributed by atoms with Crippen molar-refractivity contribution in [1.29, 1.82) is 0 Å². The third-order valence-electron chi connectivity index (χ3n) is 4.57. The molecule has 1 aromatic heterocycles. The highest BCUT2D eigenvalue weighted by atomic mass is 32.2. The molecule has 1 atom stereocenters. The van der Waals surface area contributed by atoms with Gasteiger partial charge in [-0.2, -0.15) is 9.40 Å². The standard InChI is InChI=1S/C14H21N3O2S/c1-16-13(6-10-15-16)20(18,19)17-11-5-9-14(12-17)7-3-2-4-8-14/h2-3,6,10H,4-5,7-9,11-12H2,1H3. The van der Waals surface area contributed by atoms with Crippen molar-refractivity contribution in [3.8, 4) is 0 Å². The molecule has 3 rings (SSSR count). The molecule has 0 bridgehead atoms. The van der Waals surface area contributed by atoms with Crippen LogP contribution in [0.4, 0.5) is 0 Å². The van der Waals surface area contributed by atoms with Gasteiger partial charge in [-0.3, -0.25) is 4.68 Å². The Bertz CT molecular complexity index is 620. The highest BCUT2D eigenvalue weighted by Gasteiger charge is 2.40. The van der Waals surface area contributed by atoms with Gasteiger partial charge in [-0.15, -0.1) is 0 Å². The molecule has 6 heteroatoms. The van der Waals surface area contributed by atoms with E-state index in [4.69, 9.17) is 0 Å². The van der Waals surface area contributed by atoms with Crippen LogP contribution in [0.3, 0.4) is 0 Å². The lowest BCUT2D eigenvalue weighted by molar-refractivity contribution is 0.132. The van der Waals surface area contributed by atoms with E-state index < -0.39 is 10.0 Å². The molecule has 0 amide bonds. The molecule has 1 aliphatic heterocycles. The lowest BCUT2D eigenvalue weighted by atomic mass is 9.72. The maximum absolute atomic E-state index is 12.7. The quantitative estimate of drug-likeness (QED) is 0.783. The van der Waals surface area contributed by atoms with Gasteiger partial charge in [0.2, 0.25) is 0 Å². The Morgan fingerprint density at radius 2 is 2.15 bits per heavy atom. The first-order valence-electron chi connectivity index (χ1n) is 7.17. The molecule has 2 heterocycles. The van der Waals surface area contributed by atoms with Gasteiger partial charge >= 0.3 is 0 Å². The molecule has 0 radical (unpaired) electrons. The lowest BCUT2D eigenvalue weighted by Crippen LogP contribution is -2.46. The number of aromatic nitrogens is 2. The molecular weight excluding hydrogens is 274 g/mol. The lowest BCUT2D eigenvalue weighted by Gasteiger charge is -2.43. The number of hydrogen-bond donors (Lipinski definition) is 0. The van der Waals surface area contributed by atoms with E-state index in [1.54, 1.807) is 17.4 Å². The van der Waals surface area contributed by atoms with Crippen molar-refractivity contribution < 1.29 is 8.42 Å². The van der Waals surface area contributed by atoms with Crippen LogP contribution in [0.25, 0.3) is 0 Å². The monoisotopic (exact) mass is 295 g/mol. The summed E-state index contributed by atoms with van der Waals surface area (Å²) in [6.07, 6.45) is 11.2. The van der Waals surface area contributed by atoms with Crippen molar-refractivity contribution >= 4 is 10.0 Å². The Morgan fingerprint density at radius 1 is 1.30 bits per heavy atom. The molecule has 1 saturated heterocycles. The number of nitrogens with zero attached hydrogens (tertiary/aromatic N) is 3. The van der Waals surface area contributed by atoms with Crippen LogP contribution < -0.4 is 0 Å². The summed E-state index contributed by atoms with van der Waals surface area (Å²) >= 11 is 0. The van der Waals surface area contributed by atoms with Gasteiger partial charge in [-0.05, 0) is 43.6 Å². The molecule has 1 unspecified atom stereocenters. The fraction of sp³-hybridized carbons (Fsp3) is 0.643. The third-order valence-corrected chi connectivity index (χ3v) is 6.49. The Balaban J connectivity index is 1.87. The van der Waals surface area contributed by atoms with Crippen molar-refractivity contribution in [2.75, 3.05) is 13.1 Å². The second-order valence-electron chi connectivity index (χ2n) is 5.95. The zero-order valence-corrected chi connectivity index (χ0v) is 12.6. The van der Waals surface area contributed by atoms with Crippen LogP contribution in [-0.2, 0) is 17.1 Å². The number of rotatable bonds is 2. The van der Waals surface area contributed by atoms with Gasteiger partial charge in [0, 0.05) is 20.1 Å². The third kappa shape index (κ3) is 2.31. The van der Waals surface area contributed by atoms with E-state index in [0.717, 1.165) is 32.1 Å². The number of piperidine rings is 1. The molecule has 0 saturated carbocycles. The van der Waals surface area contributed by atoms with Gasteiger partial charge in [-0.25, -0.2) is 8.42 Å². The van der Waals surface area contributed by atoms with Crippen LogP contribution in [0, 0.1) is 5.41 Å². The SMILES string of the molecule is Cn1nccc1S(=O)(=O)N1CCCC2(CC=CCC2)C1. The number of sulfonamides is 1. The smallest absolute Gasteiger partial charge is 0.256 e. The van der Waals surface area contributed by atoms with Crippen LogP contribution in [-0.4, -0.2) is 35.6 Å². The minimum atomic E-state index is -3.42. The molecule has 2 aliphatic rings. The first kappa shape index (κ1) is 13.8. The first-order valence-corrected chi connectivity index (χ1v) is 8.61. The second kappa shape index (κ2) is 5.00. The Labute approximate surface area is 120 Å². The average Bonchev–Trinajstić information content (AvgIpc) is 2.87. The minimum absolute atomic E-state index is 0.151. The maximum Gasteiger partial charge on any atom is 0.260 e. The molecular formula is C14H21N3O2S. The van der Waals surface area contributed by atoms with Crippen molar-refractivity contribution in [1.82, 2.24) is 14.1 Å². The molecule has 1 aromatic rings. The molecule has 1 spiro atoms. The fourth-order valence-corrected chi connectivity index (χ4v) is 5.12. The number of hydrogen-bond acceptors (Lipinski definition) is 3. The van der Waals surface area contributed by atoms with Crippen molar-refractivity contribution in [2.24, 2.45) is 12.5 Å². The number of aryl methyl sites for hydroxylation is 1. The molecule has 1 aliphatic carbocycles. The van der Waals surface area contributed by atoms with E-state index in [-0.39, 0.29) is 5.41 Å². The van der Waals surface area contributed by atoms with E-state index in [9.17, 15) is 8.42 Å². The highest BCUT2D eigenvalue weighted by molar-refractivity contribution is 7.89. The normalized spacial score (nSPS) is 28.1. The minimum Gasteiger partial charge on any atom is -0.256 e. The van der Waals surface area contributed by atoms with Gasteiger partial charge in [0.05, 0.1) is 6.20 Å². The summed E-state index contributed by atoms with van der Waals surface area (Å²) in [5.74, 6) is 0. The molecule has 1 fully saturated rings. The summed E-state index contributed by atoms with van der Waals surface area (Å²) in [5, 5.41) is 4.27. The highest BCUT2D eigenvalue weighted by Crippen LogP contribution is 2.41. The summed E-state index contributed by atoms with van der Waals surface area (Å²) in [6.45, 7) is 1.27. The zero-order valence-electron chi connectivity index (χ0n) is 11.8. The molecule has 0 aromatic carbocycles. The first-order chi connectivity index (χ1) is 9.54. The second-order valence-corrected chi connectivity index (χ2v) is 7.83. The van der Waals surface area contributed by atoms with E-state index in [0.29, 0.717) is 18.1 Å². The van der Waals surface area contributed by atoms with Crippen LogP contribution >= 0.6 is 0 Å². The summed E-state index contributed by atoms with van der Waals surface area (Å²) in [6, 6.07) is 1.58. The van der Waals surface area contributed by atoms with Crippen LogP contribution in [0.5, 0.6) is 0 Å². The Hall–Kier alpha value is -1.14. The van der Waals surface area contributed by atoms with Gasteiger partial charge in [0.1, 0.15) is 0 Å². The Kier molecular flexibility index (Phi) is 3.46. The van der Waals surface area contributed by atoms with Crippen LogP contribution in [0.1, 0.15) is 32.1 Å². The Morgan fingerprint density at radius 3 is 2.80 bits per heavy atom. The van der Waals surface area contributed by atoms with Gasteiger partial charge < -0.3 is 0 Å².